The Morgan fingerprint density at radius 3 is 2.79 bits per heavy atom. The summed E-state index contributed by atoms with van der Waals surface area (Å²) in [4.78, 5) is 10.3. The van der Waals surface area contributed by atoms with Crippen LogP contribution in [0.2, 0.25) is 0 Å². The highest BCUT2D eigenvalue weighted by atomic mass is 32.1. The van der Waals surface area contributed by atoms with Crippen molar-refractivity contribution < 1.29 is 0 Å². The van der Waals surface area contributed by atoms with E-state index in [1.165, 1.54) is 4.88 Å². The van der Waals surface area contributed by atoms with E-state index < -0.39 is 0 Å². The van der Waals surface area contributed by atoms with E-state index in [2.05, 4.69) is 34.5 Å². The average molecular weight is 296 g/mol. The van der Waals surface area contributed by atoms with E-state index in [0.29, 0.717) is 12.6 Å². The van der Waals surface area contributed by atoms with E-state index in [1.54, 1.807) is 22.7 Å². The van der Waals surface area contributed by atoms with Crippen LogP contribution in [-0.2, 0) is 13.0 Å². The highest BCUT2D eigenvalue weighted by Crippen LogP contribution is 2.24. The lowest BCUT2D eigenvalue weighted by atomic mass is 10.2. The molecule has 0 spiro atoms. The van der Waals surface area contributed by atoms with Crippen molar-refractivity contribution in [2.75, 3.05) is 6.54 Å². The van der Waals surface area contributed by atoms with Crippen molar-refractivity contribution in [1.29, 1.82) is 0 Å². The Labute approximate surface area is 122 Å². The Morgan fingerprint density at radius 1 is 1.37 bits per heavy atom. The van der Waals surface area contributed by atoms with Gasteiger partial charge in [-0.25, -0.2) is 9.97 Å². The van der Waals surface area contributed by atoms with Crippen LogP contribution in [0.15, 0.2) is 5.38 Å². The Hall–Kier alpha value is -0.820. The fourth-order valence-corrected chi connectivity index (χ4v) is 3.74. The Morgan fingerprint density at radius 2 is 2.16 bits per heavy atom. The fraction of sp³-hybridized carbons (Fsp3) is 0.538. The van der Waals surface area contributed by atoms with Crippen molar-refractivity contribution in [3.8, 4) is 0 Å². The number of rotatable bonds is 6. The van der Waals surface area contributed by atoms with Crippen molar-refractivity contribution in [1.82, 2.24) is 15.3 Å². The standard InChI is InChI=1S/C13H20N4S2/c1-8(13-9(2)16-10(3)19-13)15-6-11-7-18-12(17-11)4-5-14/h7-8,15H,4-6,14H2,1-3H3. The van der Waals surface area contributed by atoms with Crippen LogP contribution in [0.3, 0.4) is 0 Å². The lowest BCUT2D eigenvalue weighted by molar-refractivity contribution is 0.573. The van der Waals surface area contributed by atoms with Crippen LogP contribution < -0.4 is 11.1 Å². The number of hydrogen-bond acceptors (Lipinski definition) is 6. The van der Waals surface area contributed by atoms with Gasteiger partial charge in [0.1, 0.15) is 0 Å². The number of thiazole rings is 2. The summed E-state index contributed by atoms with van der Waals surface area (Å²) in [6.07, 6.45) is 0.868. The minimum Gasteiger partial charge on any atom is -0.330 e. The van der Waals surface area contributed by atoms with E-state index in [0.717, 1.165) is 34.4 Å². The molecule has 2 heterocycles. The second-order valence-corrected chi connectivity index (χ2v) is 6.73. The minimum atomic E-state index is 0.311. The molecular weight excluding hydrogens is 276 g/mol. The molecule has 2 aromatic heterocycles. The molecule has 1 atom stereocenters. The largest absolute Gasteiger partial charge is 0.330 e. The molecule has 1 unspecified atom stereocenters. The first-order valence-corrected chi connectivity index (χ1v) is 8.10. The zero-order valence-electron chi connectivity index (χ0n) is 11.6. The molecule has 0 saturated carbocycles. The van der Waals surface area contributed by atoms with Gasteiger partial charge in [0.15, 0.2) is 0 Å². The van der Waals surface area contributed by atoms with E-state index in [9.17, 15) is 0 Å². The summed E-state index contributed by atoms with van der Waals surface area (Å²) in [6, 6.07) is 0.311. The summed E-state index contributed by atoms with van der Waals surface area (Å²) in [5.74, 6) is 0. The van der Waals surface area contributed by atoms with Gasteiger partial charge in [-0.15, -0.1) is 22.7 Å². The van der Waals surface area contributed by atoms with Gasteiger partial charge >= 0.3 is 0 Å². The third kappa shape index (κ3) is 3.82. The van der Waals surface area contributed by atoms with Gasteiger partial charge in [-0.3, -0.25) is 0 Å². The molecule has 0 saturated heterocycles. The van der Waals surface area contributed by atoms with Gasteiger partial charge in [-0.1, -0.05) is 0 Å². The number of nitrogens with one attached hydrogen (secondary N) is 1. The monoisotopic (exact) mass is 296 g/mol. The minimum absolute atomic E-state index is 0.311. The Bertz CT molecular complexity index is 532. The molecule has 6 heteroatoms. The summed E-state index contributed by atoms with van der Waals surface area (Å²) >= 11 is 3.45. The third-order valence-electron chi connectivity index (χ3n) is 2.88. The van der Waals surface area contributed by atoms with Crippen molar-refractivity contribution in [2.24, 2.45) is 5.73 Å². The van der Waals surface area contributed by atoms with Gasteiger partial charge < -0.3 is 11.1 Å². The number of aryl methyl sites for hydroxylation is 2. The zero-order valence-corrected chi connectivity index (χ0v) is 13.2. The van der Waals surface area contributed by atoms with Crippen molar-refractivity contribution in [2.45, 2.75) is 39.8 Å². The molecule has 4 nitrogen and oxygen atoms in total. The highest BCUT2D eigenvalue weighted by Gasteiger charge is 2.13. The molecule has 0 aliphatic carbocycles. The van der Waals surface area contributed by atoms with Gasteiger partial charge in [0.25, 0.3) is 0 Å². The number of aromatic nitrogens is 2. The first-order chi connectivity index (χ1) is 9.10. The molecule has 0 amide bonds. The topological polar surface area (TPSA) is 63.8 Å². The lowest BCUT2D eigenvalue weighted by Crippen LogP contribution is -2.18. The second kappa shape index (κ2) is 6.56. The molecule has 0 radical (unpaired) electrons. The van der Waals surface area contributed by atoms with Crippen molar-refractivity contribution >= 4 is 22.7 Å². The summed E-state index contributed by atoms with van der Waals surface area (Å²) < 4.78 is 0. The number of hydrogen-bond donors (Lipinski definition) is 2. The SMILES string of the molecule is Cc1nc(C)c(C(C)NCc2csc(CCN)n2)s1. The Kier molecular flexibility index (Phi) is 5.04. The van der Waals surface area contributed by atoms with Gasteiger partial charge in [-0.05, 0) is 27.3 Å². The summed E-state index contributed by atoms with van der Waals surface area (Å²) in [6.45, 7) is 7.74. The second-order valence-electron chi connectivity index (χ2n) is 4.56. The van der Waals surface area contributed by atoms with E-state index in [-0.39, 0.29) is 0 Å². The van der Waals surface area contributed by atoms with Crippen LogP contribution in [-0.4, -0.2) is 16.5 Å². The van der Waals surface area contributed by atoms with Crippen LogP contribution in [0, 0.1) is 13.8 Å². The first-order valence-electron chi connectivity index (χ1n) is 6.40. The molecule has 104 valence electrons. The predicted octanol–water partition coefficient (Wildman–Crippen LogP) is 2.57. The molecule has 0 fully saturated rings. The maximum Gasteiger partial charge on any atom is 0.0941 e. The molecule has 0 aliphatic rings. The molecule has 0 bridgehead atoms. The van der Waals surface area contributed by atoms with Crippen LogP contribution in [0.4, 0.5) is 0 Å². The van der Waals surface area contributed by atoms with Crippen molar-refractivity contribution in [3.05, 3.63) is 31.7 Å². The summed E-state index contributed by atoms with van der Waals surface area (Å²) in [7, 11) is 0. The first kappa shape index (κ1) is 14.6. The molecule has 0 aliphatic heterocycles. The van der Waals surface area contributed by atoms with Crippen LogP contribution in [0.25, 0.3) is 0 Å². The normalized spacial score (nSPS) is 12.8. The van der Waals surface area contributed by atoms with Gasteiger partial charge in [0.2, 0.25) is 0 Å². The average Bonchev–Trinajstić information content (AvgIpc) is 2.93. The van der Waals surface area contributed by atoms with Crippen LogP contribution in [0.5, 0.6) is 0 Å². The maximum absolute atomic E-state index is 5.53. The molecule has 2 aromatic rings. The lowest BCUT2D eigenvalue weighted by Gasteiger charge is -2.11. The van der Waals surface area contributed by atoms with Crippen LogP contribution in [0.1, 0.15) is 39.2 Å². The van der Waals surface area contributed by atoms with E-state index >= 15 is 0 Å². The van der Waals surface area contributed by atoms with Crippen molar-refractivity contribution in [3.63, 3.8) is 0 Å². The molecule has 19 heavy (non-hydrogen) atoms. The quantitative estimate of drug-likeness (QED) is 0.860. The summed E-state index contributed by atoms with van der Waals surface area (Å²) in [5.41, 5.74) is 7.76. The summed E-state index contributed by atoms with van der Waals surface area (Å²) in [5, 5.41) is 7.86. The molecule has 2 rings (SSSR count). The van der Waals surface area contributed by atoms with Gasteiger partial charge in [0, 0.05) is 29.3 Å². The zero-order chi connectivity index (χ0) is 13.8. The molecule has 0 aromatic carbocycles. The predicted molar refractivity (Wildman–Crippen MR) is 81.7 cm³/mol. The number of nitrogens with zero attached hydrogens (tertiary/aromatic N) is 2. The fourth-order valence-electron chi connectivity index (χ4n) is 1.97. The molecular formula is C13H20N4S2. The third-order valence-corrected chi connectivity index (χ3v) is 5.09. The number of nitrogens with two attached hydrogens (primary N) is 1. The van der Waals surface area contributed by atoms with E-state index in [4.69, 9.17) is 5.73 Å². The van der Waals surface area contributed by atoms with E-state index in [1.807, 2.05) is 6.92 Å². The maximum atomic E-state index is 5.53. The smallest absolute Gasteiger partial charge is 0.0941 e. The highest BCUT2D eigenvalue weighted by molar-refractivity contribution is 7.11. The van der Waals surface area contributed by atoms with Gasteiger partial charge in [-0.2, -0.15) is 0 Å². The van der Waals surface area contributed by atoms with Gasteiger partial charge in [0.05, 0.1) is 21.4 Å². The molecule has 3 N–H and O–H groups in total. The Balaban J connectivity index is 1.92. The van der Waals surface area contributed by atoms with Crippen LogP contribution >= 0.6 is 22.7 Å².